The first-order valence-corrected chi connectivity index (χ1v) is 7.23. The normalized spacial score (nSPS) is 23.1. The molecule has 0 aromatic heterocycles. The fraction of sp³-hybridized carbons (Fsp3) is 0.500. The van der Waals surface area contributed by atoms with Crippen LogP contribution < -0.4 is 10.6 Å². The number of benzene rings is 1. The molecule has 1 aromatic rings. The second-order valence-electron chi connectivity index (χ2n) is 5.26. The van der Waals surface area contributed by atoms with Crippen LogP contribution in [0.2, 0.25) is 0 Å². The maximum Gasteiger partial charge on any atom is 0.227 e. The summed E-state index contributed by atoms with van der Waals surface area (Å²) in [6.07, 6.45) is 1.89. The Morgan fingerprint density at radius 3 is 3.05 bits per heavy atom. The molecule has 1 fully saturated rings. The van der Waals surface area contributed by atoms with E-state index in [-0.39, 0.29) is 17.1 Å². The highest BCUT2D eigenvalue weighted by atomic mass is 79.9. The van der Waals surface area contributed by atoms with Crippen LogP contribution in [0.4, 0.5) is 4.39 Å². The lowest BCUT2D eigenvalue weighted by molar-refractivity contribution is -0.131. The summed E-state index contributed by atoms with van der Waals surface area (Å²) >= 11 is 3.36. The van der Waals surface area contributed by atoms with Crippen LogP contribution in [0.1, 0.15) is 25.3 Å². The average Bonchev–Trinajstić information content (AvgIpc) is 2.40. The third-order valence-electron chi connectivity index (χ3n) is 3.59. The summed E-state index contributed by atoms with van der Waals surface area (Å²) in [5.74, 6) is -0.270. The molecule has 1 atom stereocenters. The van der Waals surface area contributed by atoms with Crippen molar-refractivity contribution >= 4 is 21.8 Å². The van der Waals surface area contributed by atoms with Crippen LogP contribution in [0.15, 0.2) is 22.7 Å². The van der Waals surface area contributed by atoms with Gasteiger partial charge in [0.25, 0.3) is 0 Å². The fourth-order valence-corrected chi connectivity index (χ4v) is 2.70. The summed E-state index contributed by atoms with van der Waals surface area (Å²) in [5, 5.41) is 6.15. The van der Waals surface area contributed by atoms with Gasteiger partial charge in [-0.05, 0) is 50.1 Å². The second kappa shape index (κ2) is 6.01. The van der Waals surface area contributed by atoms with Gasteiger partial charge in [-0.25, -0.2) is 4.39 Å². The predicted molar refractivity (Wildman–Crippen MR) is 76.2 cm³/mol. The number of rotatable bonds is 3. The molecule has 2 N–H and O–H groups in total. The highest BCUT2D eigenvalue weighted by molar-refractivity contribution is 9.10. The highest BCUT2D eigenvalue weighted by Gasteiger charge is 2.34. The molecule has 1 aromatic carbocycles. The van der Waals surface area contributed by atoms with Crippen LogP contribution in [-0.4, -0.2) is 19.0 Å². The van der Waals surface area contributed by atoms with E-state index in [9.17, 15) is 9.18 Å². The molecule has 2 rings (SSSR count). The van der Waals surface area contributed by atoms with Crippen molar-refractivity contribution in [1.82, 2.24) is 10.6 Å². The zero-order valence-corrected chi connectivity index (χ0v) is 12.5. The summed E-state index contributed by atoms with van der Waals surface area (Å²) in [7, 11) is 0. The Morgan fingerprint density at radius 2 is 2.37 bits per heavy atom. The number of carbonyl (C=O) groups excluding carboxylic acids is 1. The molecule has 0 aliphatic carbocycles. The fourth-order valence-electron chi connectivity index (χ4n) is 2.32. The Kier molecular flexibility index (Phi) is 4.58. The van der Waals surface area contributed by atoms with E-state index in [0.29, 0.717) is 13.1 Å². The minimum atomic E-state index is -0.363. The number of nitrogens with one attached hydrogen (secondary N) is 2. The zero-order chi connectivity index (χ0) is 13.9. The maximum atomic E-state index is 13.2. The summed E-state index contributed by atoms with van der Waals surface area (Å²) in [5.41, 5.74) is 0.388. The first-order valence-electron chi connectivity index (χ1n) is 6.44. The summed E-state index contributed by atoms with van der Waals surface area (Å²) in [4.78, 5) is 12.2. The van der Waals surface area contributed by atoms with Crippen molar-refractivity contribution in [2.45, 2.75) is 26.3 Å². The molecule has 1 unspecified atom stereocenters. The van der Waals surface area contributed by atoms with E-state index in [1.165, 1.54) is 12.1 Å². The molecule has 0 radical (unpaired) electrons. The maximum absolute atomic E-state index is 13.2. The Hall–Kier alpha value is -0.940. The molecule has 0 spiro atoms. The SMILES string of the molecule is CC1(C(=O)NCc2cc(F)ccc2Br)CCCNC1. The van der Waals surface area contributed by atoms with Gasteiger partial charge in [0.05, 0.1) is 5.41 Å². The Morgan fingerprint density at radius 1 is 1.58 bits per heavy atom. The van der Waals surface area contributed by atoms with Crippen LogP contribution in [0, 0.1) is 11.2 Å². The smallest absolute Gasteiger partial charge is 0.227 e. The molecular weight excluding hydrogens is 311 g/mol. The first kappa shape index (κ1) is 14.5. The molecule has 3 nitrogen and oxygen atoms in total. The van der Waals surface area contributed by atoms with Gasteiger partial charge in [0.15, 0.2) is 0 Å². The minimum absolute atomic E-state index is 0.0239. The lowest BCUT2D eigenvalue weighted by atomic mass is 9.82. The molecule has 1 aliphatic rings. The number of hydrogen-bond acceptors (Lipinski definition) is 2. The Labute approximate surface area is 121 Å². The first-order chi connectivity index (χ1) is 9.01. The third-order valence-corrected chi connectivity index (χ3v) is 4.37. The van der Waals surface area contributed by atoms with Gasteiger partial charge in [-0.1, -0.05) is 15.9 Å². The second-order valence-corrected chi connectivity index (χ2v) is 6.11. The lowest BCUT2D eigenvalue weighted by Gasteiger charge is -2.32. The van der Waals surface area contributed by atoms with Crippen molar-refractivity contribution in [2.75, 3.05) is 13.1 Å². The van der Waals surface area contributed by atoms with Gasteiger partial charge in [0, 0.05) is 17.6 Å². The van der Waals surface area contributed by atoms with Gasteiger partial charge in [-0.3, -0.25) is 4.79 Å². The summed E-state index contributed by atoms with van der Waals surface area (Å²) in [6.45, 7) is 3.98. The average molecular weight is 329 g/mol. The molecule has 104 valence electrons. The van der Waals surface area contributed by atoms with Gasteiger partial charge < -0.3 is 10.6 Å². The number of halogens is 2. The van der Waals surface area contributed by atoms with Crippen molar-refractivity contribution in [2.24, 2.45) is 5.41 Å². The van der Waals surface area contributed by atoms with Gasteiger partial charge in [0.1, 0.15) is 5.82 Å². The van der Waals surface area contributed by atoms with E-state index in [2.05, 4.69) is 26.6 Å². The lowest BCUT2D eigenvalue weighted by Crippen LogP contribution is -2.48. The van der Waals surface area contributed by atoms with E-state index >= 15 is 0 Å². The standard InChI is InChI=1S/C14H18BrFN2O/c1-14(5-2-6-17-9-14)13(19)18-8-10-7-11(16)3-4-12(10)15/h3-4,7,17H,2,5-6,8-9H2,1H3,(H,18,19). The monoisotopic (exact) mass is 328 g/mol. The number of hydrogen-bond donors (Lipinski definition) is 2. The quantitative estimate of drug-likeness (QED) is 0.895. The predicted octanol–water partition coefficient (Wildman–Crippen LogP) is 2.59. The summed E-state index contributed by atoms with van der Waals surface area (Å²) in [6, 6.07) is 4.48. The van der Waals surface area contributed by atoms with Crippen molar-refractivity contribution in [3.05, 3.63) is 34.1 Å². The molecular formula is C14H18BrFN2O. The van der Waals surface area contributed by atoms with Crippen molar-refractivity contribution in [3.8, 4) is 0 Å². The third kappa shape index (κ3) is 3.54. The van der Waals surface area contributed by atoms with Gasteiger partial charge in [-0.15, -0.1) is 0 Å². The summed E-state index contributed by atoms with van der Waals surface area (Å²) < 4.78 is 14.0. The van der Waals surface area contributed by atoms with Crippen LogP contribution in [0.25, 0.3) is 0 Å². The largest absolute Gasteiger partial charge is 0.351 e. The Balaban J connectivity index is 1.98. The molecule has 1 amide bonds. The van der Waals surface area contributed by atoms with Crippen molar-refractivity contribution < 1.29 is 9.18 Å². The van der Waals surface area contributed by atoms with Gasteiger partial charge in [-0.2, -0.15) is 0 Å². The number of carbonyl (C=O) groups is 1. The van der Waals surface area contributed by atoms with Crippen LogP contribution in [0.5, 0.6) is 0 Å². The molecule has 1 aliphatic heterocycles. The Bertz CT molecular complexity index is 473. The van der Waals surface area contributed by atoms with E-state index < -0.39 is 0 Å². The molecule has 0 bridgehead atoms. The highest BCUT2D eigenvalue weighted by Crippen LogP contribution is 2.26. The van der Waals surface area contributed by atoms with E-state index in [4.69, 9.17) is 0 Å². The molecule has 19 heavy (non-hydrogen) atoms. The molecule has 5 heteroatoms. The number of piperidine rings is 1. The van der Waals surface area contributed by atoms with Gasteiger partial charge in [0.2, 0.25) is 5.91 Å². The minimum Gasteiger partial charge on any atom is -0.351 e. The molecule has 1 saturated heterocycles. The van der Waals surface area contributed by atoms with E-state index in [0.717, 1.165) is 29.4 Å². The molecule has 0 saturated carbocycles. The van der Waals surface area contributed by atoms with Crippen molar-refractivity contribution in [1.29, 1.82) is 0 Å². The van der Waals surface area contributed by atoms with Crippen LogP contribution >= 0.6 is 15.9 Å². The number of amides is 1. The van der Waals surface area contributed by atoms with Crippen LogP contribution in [0.3, 0.4) is 0 Å². The molecule has 1 heterocycles. The van der Waals surface area contributed by atoms with Crippen molar-refractivity contribution in [3.63, 3.8) is 0 Å². The van der Waals surface area contributed by atoms with Crippen LogP contribution in [-0.2, 0) is 11.3 Å². The van der Waals surface area contributed by atoms with E-state index in [1.807, 2.05) is 6.92 Å². The van der Waals surface area contributed by atoms with E-state index in [1.54, 1.807) is 6.07 Å². The zero-order valence-electron chi connectivity index (χ0n) is 10.9. The van der Waals surface area contributed by atoms with Gasteiger partial charge >= 0.3 is 0 Å². The topological polar surface area (TPSA) is 41.1 Å².